The standard InChI is InChI=1S/C24H29N3O5/c1-4-12-25-23(29)21-22(18-6-5-7-19(13-18)26-20(28)15-31-3)32-24(30)27(21)14-17-10-8-16(2)9-11-17/h5-11,13,21-22H,4,12,14-15H2,1-3H3,(H,25,29)(H,26,28)/t21-,22+/m0/s1. The number of methoxy groups -OCH3 is 1. The molecule has 32 heavy (non-hydrogen) atoms. The number of amides is 3. The lowest BCUT2D eigenvalue weighted by Crippen LogP contribution is -2.46. The minimum Gasteiger partial charge on any atom is -0.438 e. The number of anilines is 1. The first-order chi connectivity index (χ1) is 15.4. The van der Waals surface area contributed by atoms with E-state index in [0.29, 0.717) is 17.8 Å². The van der Waals surface area contributed by atoms with Gasteiger partial charge in [-0.25, -0.2) is 4.79 Å². The van der Waals surface area contributed by atoms with Gasteiger partial charge in [0.05, 0.1) is 6.54 Å². The third-order valence-electron chi connectivity index (χ3n) is 5.15. The van der Waals surface area contributed by atoms with E-state index in [1.807, 2.05) is 38.1 Å². The van der Waals surface area contributed by atoms with Crippen LogP contribution in [0.5, 0.6) is 0 Å². The molecule has 0 aliphatic carbocycles. The van der Waals surface area contributed by atoms with Crippen LogP contribution in [0.25, 0.3) is 0 Å². The number of carbonyl (C=O) groups excluding carboxylic acids is 3. The van der Waals surface area contributed by atoms with Gasteiger partial charge < -0.3 is 20.1 Å². The van der Waals surface area contributed by atoms with Crippen molar-refractivity contribution in [1.29, 1.82) is 0 Å². The van der Waals surface area contributed by atoms with Crippen molar-refractivity contribution in [1.82, 2.24) is 10.2 Å². The third kappa shape index (κ3) is 5.64. The van der Waals surface area contributed by atoms with Crippen LogP contribution in [0, 0.1) is 6.92 Å². The largest absolute Gasteiger partial charge is 0.438 e. The Kier molecular flexibility index (Phi) is 7.83. The van der Waals surface area contributed by atoms with Gasteiger partial charge in [-0.15, -0.1) is 0 Å². The van der Waals surface area contributed by atoms with Crippen LogP contribution in [0.4, 0.5) is 10.5 Å². The zero-order valence-electron chi connectivity index (χ0n) is 18.6. The van der Waals surface area contributed by atoms with Crippen LogP contribution in [-0.4, -0.2) is 49.1 Å². The molecule has 2 aromatic carbocycles. The maximum absolute atomic E-state index is 13.1. The average Bonchev–Trinajstić information content (AvgIpc) is 3.10. The van der Waals surface area contributed by atoms with Crippen LogP contribution in [0.3, 0.4) is 0 Å². The SMILES string of the molecule is CCCNC(=O)[C@@H]1[C@@H](c2cccc(NC(=O)COC)c2)OC(=O)N1Cc1ccc(C)cc1. The van der Waals surface area contributed by atoms with Crippen LogP contribution in [0.1, 0.15) is 36.1 Å². The first-order valence-corrected chi connectivity index (χ1v) is 10.6. The zero-order chi connectivity index (χ0) is 23.1. The highest BCUT2D eigenvalue weighted by Crippen LogP contribution is 2.35. The van der Waals surface area contributed by atoms with Gasteiger partial charge in [-0.05, 0) is 36.6 Å². The van der Waals surface area contributed by atoms with Gasteiger partial charge in [-0.3, -0.25) is 14.5 Å². The lowest BCUT2D eigenvalue weighted by Gasteiger charge is -2.24. The first-order valence-electron chi connectivity index (χ1n) is 10.6. The Morgan fingerprint density at radius 1 is 1.16 bits per heavy atom. The summed E-state index contributed by atoms with van der Waals surface area (Å²) >= 11 is 0. The molecule has 2 N–H and O–H groups in total. The van der Waals surface area contributed by atoms with Gasteiger partial charge >= 0.3 is 6.09 Å². The summed E-state index contributed by atoms with van der Waals surface area (Å²) in [7, 11) is 1.44. The van der Waals surface area contributed by atoms with Crippen molar-refractivity contribution in [2.75, 3.05) is 25.6 Å². The van der Waals surface area contributed by atoms with Crippen LogP contribution in [0.15, 0.2) is 48.5 Å². The van der Waals surface area contributed by atoms with Crippen LogP contribution >= 0.6 is 0 Å². The van der Waals surface area contributed by atoms with E-state index in [1.54, 1.807) is 24.3 Å². The molecule has 0 unspecified atom stereocenters. The van der Waals surface area contributed by atoms with Crippen molar-refractivity contribution in [2.24, 2.45) is 0 Å². The van der Waals surface area contributed by atoms with Gasteiger partial charge in [0.1, 0.15) is 6.61 Å². The van der Waals surface area contributed by atoms with E-state index in [-0.39, 0.29) is 25.0 Å². The summed E-state index contributed by atoms with van der Waals surface area (Å²) in [5.74, 6) is -0.574. The molecule has 0 saturated carbocycles. The topological polar surface area (TPSA) is 97.0 Å². The predicted octanol–water partition coefficient (Wildman–Crippen LogP) is 3.17. The number of aryl methyl sites for hydroxylation is 1. The molecule has 1 aliphatic heterocycles. The number of hydrogen-bond acceptors (Lipinski definition) is 5. The Morgan fingerprint density at radius 3 is 2.59 bits per heavy atom. The van der Waals surface area contributed by atoms with Crippen molar-refractivity contribution in [2.45, 2.75) is 39.0 Å². The Labute approximate surface area is 187 Å². The third-order valence-corrected chi connectivity index (χ3v) is 5.15. The minimum atomic E-state index is -0.833. The van der Waals surface area contributed by atoms with Gasteiger partial charge in [0.15, 0.2) is 12.1 Å². The molecular weight excluding hydrogens is 410 g/mol. The smallest absolute Gasteiger partial charge is 0.411 e. The van der Waals surface area contributed by atoms with Crippen molar-refractivity contribution in [3.63, 3.8) is 0 Å². The molecule has 3 rings (SSSR count). The van der Waals surface area contributed by atoms with Gasteiger partial charge in [0, 0.05) is 19.3 Å². The average molecular weight is 440 g/mol. The molecule has 1 heterocycles. The second-order valence-electron chi connectivity index (χ2n) is 7.76. The fourth-order valence-corrected chi connectivity index (χ4v) is 3.57. The molecule has 0 radical (unpaired) electrons. The van der Waals surface area contributed by atoms with Crippen LogP contribution in [-0.2, 0) is 25.6 Å². The number of cyclic esters (lactones) is 1. The summed E-state index contributed by atoms with van der Waals surface area (Å²) in [5, 5.41) is 5.62. The van der Waals surface area contributed by atoms with E-state index in [1.165, 1.54) is 12.0 Å². The second-order valence-corrected chi connectivity index (χ2v) is 7.76. The van der Waals surface area contributed by atoms with Gasteiger partial charge in [0.2, 0.25) is 11.8 Å². The van der Waals surface area contributed by atoms with Crippen LogP contribution < -0.4 is 10.6 Å². The fraction of sp³-hybridized carbons (Fsp3) is 0.375. The molecule has 170 valence electrons. The van der Waals surface area contributed by atoms with Gasteiger partial charge in [-0.2, -0.15) is 0 Å². The van der Waals surface area contributed by atoms with E-state index in [9.17, 15) is 14.4 Å². The van der Waals surface area contributed by atoms with E-state index < -0.39 is 18.2 Å². The van der Waals surface area contributed by atoms with E-state index in [4.69, 9.17) is 9.47 Å². The molecule has 8 heteroatoms. The molecule has 1 fully saturated rings. The Morgan fingerprint density at radius 2 is 1.91 bits per heavy atom. The van der Waals surface area contributed by atoms with E-state index in [0.717, 1.165) is 17.5 Å². The normalized spacial score (nSPS) is 17.7. The molecule has 2 aromatic rings. The monoisotopic (exact) mass is 439 g/mol. The second kappa shape index (κ2) is 10.8. The molecule has 8 nitrogen and oxygen atoms in total. The summed E-state index contributed by atoms with van der Waals surface area (Å²) < 4.78 is 10.5. The summed E-state index contributed by atoms with van der Waals surface area (Å²) in [6.45, 7) is 4.63. The van der Waals surface area contributed by atoms with Gasteiger partial charge in [-0.1, -0.05) is 48.9 Å². The zero-order valence-corrected chi connectivity index (χ0v) is 18.6. The Balaban J connectivity index is 1.88. The van der Waals surface area contributed by atoms with Crippen LogP contribution in [0.2, 0.25) is 0 Å². The number of ether oxygens (including phenoxy) is 2. The number of benzene rings is 2. The van der Waals surface area contributed by atoms with Gasteiger partial charge in [0.25, 0.3) is 0 Å². The highest BCUT2D eigenvalue weighted by atomic mass is 16.6. The minimum absolute atomic E-state index is 0.0744. The molecule has 0 aromatic heterocycles. The lowest BCUT2D eigenvalue weighted by molar-refractivity contribution is -0.126. The van der Waals surface area contributed by atoms with E-state index >= 15 is 0 Å². The number of nitrogens with zero attached hydrogens (tertiary/aromatic N) is 1. The predicted molar refractivity (Wildman–Crippen MR) is 120 cm³/mol. The highest BCUT2D eigenvalue weighted by Gasteiger charge is 2.46. The summed E-state index contributed by atoms with van der Waals surface area (Å²) in [6, 6.07) is 13.9. The quantitative estimate of drug-likeness (QED) is 0.626. The number of hydrogen-bond donors (Lipinski definition) is 2. The first kappa shape index (κ1) is 23.3. The maximum atomic E-state index is 13.1. The highest BCUT2D eigenvalue weighted by molar-refractivity contribution is 5.92. The Bertz CT molecular complexity index is 960. The van der Waals surface area contributed by atoms with Crippen molar-refractivity contribution in [3.8, 4) is 0 Å². The lowest BCUT2D eigenvalue weighted by atomic mass is 10.00. The molecule has 0 bridgehead atoms. The summed E-state index contributed by atoms with van der Waals surface area (Å²) in [5.41, 5.74) is 3.17. The van der Waals surface area contributed by atoms with Crippen molar-refractivity contribution in [3.05, 3.63) is 65.2 Å². The number of rotatable bonds is 9. The summed E-state index contributed by atoms with van der Waals surface area (Å²) in [4.78, 5) is 39.2. The maximum Gasteiger partial charge on any atom is 0.411 e. The fourth-order valence-electron chi connectivity index (χ4n) is 3.57. The molecule has 1 aliphatic rings. The molecule has 1 saturated heterocycles. The molecular formula is C24H29N3O5. The molecule has 2 atom stereocenters. The Hall–Kier alpha value is -3.39. The van der Waals surface area contributed by atoms with Crippen molar-refractivity contribution < 1.29 is 23.9 Å². The molecule has 0 spiro atoms. The number of carbonyl (C=O) groups is 3. The van der Waals surface area contributed by atoms with Crippen molar-refractivity contribution >= 4 is 23.6 Å². The van der Waals surface area contributed by atoms with E-state index in [2.05, 4.69) is 10.6 Å². The number of nitrogens with one attached hydrogen (secondary N) is 2. The summed E-state index contributed by atoms with van der Waals surface area (Å²) in [6.07, 6.45) is -0.582. The molecule has 3 amide bonds.